The smallest absolute Gasteiger partial charge is 0.331 e. The Labute approximate surface area is 191 Å². The van der Waals surface area contributed by atoms with Gasteiger partial charge in [-0.2, -0.15) is 4.31 Å². The number of nitrogens with zero attached hydrogens (tertiary/aromatic N) is 2. The van der Waals surface area contributed by atoms with Crippen LogP contribution in [0.1, 0.15) is 51.5 Å². The average Bonchev–Trinajstić information content (AvgIpc) is 3.06. The summed E-state index contributed by atoms with van der Waals surface area (Å²) in [6.45, 7) is 6.49. The maximum Gasteiger partial charge on any atom is 0.331 e. The molecule has 2 heterocycles. The Morgan fingerprint density at radius 3 is 2.19 bits per heavy atom. The van der Waals surface area contributed by atoms with Crippen molar-refractivity contribution in [3.8, 4) is 0 Å². The summed E-state index contributed by atoms with van der Waals surface area (Å²) in [4.78, 5) is 26.4. The van der Waals surface area contributed by atoms with Gasteiger partial charge < -0.3 is 9.64 Å². The molecule has 2 fully saturated rings. The van der Waals surface area contributed by atoms with Crippen LogP contribution in [0.2, 0.25) is 0 Å². The highest BCUT2D eigenvalue weighted by Gasteiger charge is 2.26. The van der Waals surface area contributed by atoms with E-state index in [0.717, 1.165) is 32.1 Å². The second kappa shape index (κ2) is 11.1. The molecule has 8 heteroatoms. The molecule has 1 aromatic rings. The third kappa shape index (κ3) is 6.65. The summed E-state index contributed by atoms with van der Waals surface area (Å²) >= 11 is 0. The Balaban J connectivity index is 1.51. The minimum atomic E-state index is -3.49. The van der Waals surface area contributed by atoms with Gasteiger partial charge in [0.15, 0.2) is 6.61 Å². The Morgan fingerprint density at radius 2 is 1.59 bits per heavy atom. The summed E-state index contributed by atoms with van der Waals surface area (Å²) < 4.78 is 32.3. The standard InChI is InChI=1S/C24H34N2O5S/c1-19-15-20(2)17-25(16-19)23(27)18-31-24(28)12-9-21-7-10-22(11-8-21)32(29,30)26-13-5-3-4-6-14-26/h7-12,19-20H,3-6,13-18H2,1-2H3/b12-9+. The van der Waals surface area contributed by atoms with E-state index in [1.165, 1.54) is 6.08 Å². The molecule has 0 saturated carbocycles. The number of hydrogen-bond donors (Lipinski definition) is 0. The molecule has 1 amide bonds. The number of benzene rings is 1. The Morgan fingerprint density at radius 1 is 1.00 bits per heavy atom. The number of likely N-dealkylation sites (tertiary alicyclic amines) is 1. The van der Waals surface area contributed by atoms with Gasteiger partial charge in [-0.05, 0) is 54.9 Å². The summed E-state index contributed by atoms with van der Waals surface area (Å²) in [5.74, 6) is 0.125. The van der Waals surface area contributed by atoms with Crippen LogP contribution in [-0.4, -0.2) is 62.3 Å². The first-order valence-corrected chi connectivity index (χ1v) is 12.9. The van der Waals surface area contributed by atoms with Crippen molar-refractivity contribution in [2.75, 3.05) is 32.8 Å². The SMILES string of the molecule is CC1CC(C)CN(C(=O)COC(=O)/C=C/c2ccc(S(=O)(=O)N3CCCCCC3)cc2)C1. The van der Waals surface area contributed by atoms with Crippen molar-refractivity contribution in [1.29, 1.82) is 0 Å². The van der Waals surface area contributed by atoms with Gasteiger partial charge in [-0.25, -0.2) is 13.2 Å². The monoisotopic (exact) mass is 462 g/mol. The van der Waals surface area contributed by atoms with Crippen LogP contribution in [0.5, 0.6) is 0 Å². The molecule has 2 aliphatic rings. The Bertz CT molecular complexity index is 908. The first-order chi connectivity index (χ1) is 15.3. The van der Waals surface area contributed by atoms with E-state index in [0.29, 0.717) is 43.6 Å². The van der Waals surface area contributed by atoms with Crippen LogP contribution in [0, 0.1) is 11.8 Å². The molecule has 0 radical (unpaired) electrons. The quantitative estimate of drug-likeness (QED) is 0.478. The van der Waals surface area contributed by atoms with E-state index >= 15 is 0 Å². The van der Waals surface area contributed by atoms with Gasteiger partial charge in [0.2, 0.25) is 10.0 Å². The van der Waals surface area contributed by atoms with Crippen LogP contribution < -0.4 is 0 Å². The van der Waals surface area contributed by atoms with Crippen LogP contribution >= 0.6 is 0 Å². The first kappa shape index (κ1) is 24.5. The van der Waals surface area contributed by atoms with Crippen LogP contribution in [0.3, 0.4) is 0 Å². The number of rotatable bonds is 6. The number of carbonyl (C=O) groups is 2. The molecule has 0 bridgehead atoms. The highest BCUT2D eigenvalue weighted by Crippen LogP contribution is 2.22. The van der Waals surface area contributed by atoms with E-state index in [2.05, 4.69) is 13.8 Å². The lowest BCUT2D eigenvalue weighted by Gasteiger charge is -2.34. The van der Waals surface area contributed by atoms with Gasteiger partial charge in [-0.1, -0.05) is 38.8 Å². The fraction of sp³-hybridized carbons (Fsp3) is 0.583. The lowest BCUT2D eigenvalue weighted by molar-refractivity contribution is -0.149. The third-order valence-corrected chi connectivity index (χ3v) is 7.97. The summed E-state index contributed by atoms with van der Waals surface area (Å²) in [6, 6.07) is 6.45. The summed E-state index contributed by atoms with van der Waals surface area (Å²) in [5, 5.41) is 0. The molecule has 2 unspecified atom stereocenters. The summed E-state index contributed by atoms with van der Waals surface area (Å²) in [5.41, 5.74) is 0.682. The minimum Gasteiger partial charge on any atom is -0.452 e. The van der Waals surface area contributed by atoms with E-state index in [-0.39, 0.29) is 17.4 Å². The normalized spacial score (nSPS) is 23.1. The molecule has 2 saturated heterocycles. The van der Waals surface area contributed by atoms with Gasteiger partial charge >= 0.3 is 5.97 Å². The summed E-state index contributed by atoms with van der Waals surface area (Å²) in [6.07, 6.45) is 7.82. The topological polar surface area (TPSA) is 84.0 Å². The molecule has 2 aliphatic heterocycles. The lowest BCUT2D eigenvalue weighted by atomic mass is 9.92. The Kier molecular flexibility index (Phi) is 8.48. The van der Waals surface area contributed by atoms with E-state index in [1.807, 2.05) is 0 Å². The molecule has 1 aromatic carbocycles. The molecule has 3 rings (SSSR count). The third-order valence-electron chi connectivity index (χ3n) is 6.05. The second-order valence-corrected chi connectivity index (χ2v) is 11.0. The number of ether oxygens (including phenoxy) is 1. The minimum absolute atomic E-state index is 0.173. The molecule has 7 nitrogen and oxygen atoms in total. The lowest BCUT2D eigenvalue weighted by Crippen LogP contribution is -2.44. The average molecular weight is 463 g/mol. The predicted molar refractivity (Wildman–Crippen MR) is 123 cm³/mol. The number of hydrogen-bond acceptors (Lipinski definition) is 5. The number of piperidine rings is 1. The predicted octanol–water partition coefficient (Wildman–Crippen LogP) is 3.31. The van der Waals surface area contributed by atoms with Gasteiger partial charge in [-0.3, -0.25) is 4.79 Å². The van der Waals surface area contributed by atoms with Gasteiger partial charge in [-0.15, -0.1) is 0 Å². The van der Waals surface area contributed by atoms with Crippen LogP contribution in [-0.2, 0) is 24.3 Å². The van der Waals surface area contributed by atoms with E-state index in [9.17, 15) is 18.0 Å². The molecule has 0 aliphatic carbocycles. The highest BCUT2D eigenvalue weighted by molar-refractivity contribution is 7.89. The van der Waals surface area contributed by atoms with Crippen molar-refractivity contribution >= 4 is 28.0 Å². The molecule has 0 aromatic heterocycles. The fourth-order valence-electron chi connectivity index (χ4n) is 4.49. The van der Waals surface area contributed by atoms with Crippen molar-refractivity contribution < 1.29 is 22.7 Å². The van der Waals surface area contributed by atoms with Crippen LogP contribution in [0.25, 0.3) is 6.08 Å². The van der Waals surface area contributed by atoms with Gasteiger partial charge in [0.25, 0.3) is 5.91 Å². The van der Waals surface area contributed by atoms with Gasteiger partial charge in [0.1, 0.15) is 0 Å². The largest absolute Gasteiger partial charge is 0.452 e. The van der Waals surface area contributed by atoms with Gasteiger partial charge in [0, 0.05) is 32.3 Å². The van der Waals surface area contributed by atoms with Crippen LogP contribution in [0.4, 0.5) is 0 Å². The summed E-state index contributed by atoms with van der Waals surface area (Å²) in [7, 11) is -3.49. The Hall–Kier alpha value is -2.19. The molecule has 2 atom stereocenters. The van der Waals surface area contributed by atoms with E-state index in [1.54, 1.807) is 39.5 Å². The molecule has 0 spiro atoms. The second-order valence-electron chi connectivity index (χ2n) is 9.07. The van der Waals surface area contributed by atoms with Crippen molar-refractivity contribution in [2.45, 2.75) is 50.8 Å². The maximum atomic E-state index is 12.8. The zero-order chi connectivity index (χ0) is 23.1. The number of sulfonamides is 1. The zero-order valence-electron chi connectivity index (χ0n) is 19.0. The van der Waals surface area contributed by atoms with Crippen molar-refractivity contribution in [2.24, 2.45) is 11.8 Å². The van der Waals surface area contributed by atoms with E-state index < -0.39 is 16.0 Å². The van der Waals surface area contributed by atoms with Crippen molar-refractivity contribution in [1.82, 2.24) is 9.21 Å². The molecule has 0 N–H and O–H groups in total. The molecular formula is C24H34N2O5S. The zero-order valence-corrected chi connectivity index (χ0v) is 19.9. The van der Waals surface area contributed by atoms with Crippen LogP contribution in [0.15, 0.2) is 35.2 Å². The van der Waals surface area contributed by atoms with E-state index in [4.69, 9.17) is 4.74 Å². The number of esters is 1. The first-order valence-electron chi connectivity index (χ1n) is 11.5. The van der Waals surface area contributed by atoms with Crippen molar-refractivity contribution in [3.05, 3.63) is 35.9 Å². The number of amides is 1. The van der Waals surface area contributed by atoms with Gasteiger partial charge in [0.05, 0.1) is 4.90 Å². The number of carbonyl (C=O) groups excluding carboxylic acids is 2. The van der Waals surface area contributed by atoms with Crippen molar-refractivity contribution in [3.63, 3.8) is 0 Å². The molecular weight excluding hydrogens is 428 g/mol. The maximum absolute atomic E-state index is 12.8. The molecule has 176 valence electrons. The fourth-order valence-corrected chi connectivity index (χ4v) is 6.00. The molecule has 32 heavy (non-hydrogen) atoms. The highest BCUT2D eigenvalue weighted by atomic mass is 32.2.